The minimum Gasteiger partial charge on any atom is -0.462 e. The van der Waals surface area contributed by atoms with Gasteiger partial charge in [0.1, 0.15) is 13.2 Å². The fraction of sp³-hybridized carbons (Fsp3) is 0.857. The van der Waals surface area contributed by atoms with Gasteiger partial charge in [-0.2, -0.15) is 17.2 Å². The van der Waals surface area contributed by atoms with E-state index < -0.39 is 40.0 Å². The number of alkyl halides is 2. The molecule has 4 fully saturated rings. The Morgan fingerprint density at radius 2 is 1.62 bits per heavy atom. The number of carbonyl (C=O) groups excluding carboxylic acids is 2. The third kappa shape index (κ3) is 1.56. The van der Waals surface area contributed by atoms with E-state index in [9.17, 15) is 26.8 Å². The molecule has 4 rings (SSSR count). The summed E-state index contributed by atoms with van der Waals surface area (Å²) < 4.78 is 64.1. The zero-order valence-corrected chi connectivity index (χ0v) is 13.4. The molecule has 0 aromatic carbocycles. The Morgan fingerprint density at radius 3 is 2.08 bits per heavy atom. The lowest BCUT2D eigenvalue weighted by Crippen LogP contribution is -2.87. The standard InChI is InChI=1S/C14H16F2O7S/c15-14(16,24(19,20)21)11(18)23-2-1-22-10(17)12-5-8-3-7-4-9(6-12)13(7,8)12/h7-9H,1-6H2,(H,19,20,21). The van der Waals surface area contributed by atoms with Crippen molar-refractivity contribution in [3.8, 4) is 0 Å². The highest BCUT2D eigenvalue weighted by molar-refractivity contribution is 7.87. The van der Waals surface area contributed by atoms with Crippen LogP contribution in [0.3, 0.4) is 0 Å². The Bertz CT molecular complexity index is 706. The molecular weight excluding hydrogens is 350 g/mol. The van der Waals surface area contributed by atoms with Crippen LogP contribution in [0.2, 0.25) is 0 Å². The minimum absolute atomic E-state index is 0.124. The topological polar surface area (TPSA) is 107 Å². The molecule has 0 bridgehead atoms. The molecule has 0 saturated heterocycles. The van der Waals surface area contributed by atoms with Crippen LogP contribution in [0, 0.1) is 28.6 Å². The van der Waals surface area contributed by atoms with Crippen molar-refractivity contribution in [3.63, 3.8) is 0 Å². The summed E-state index contributed by atoms with van der Waals surface area (Å²) in [5.74, 6) is -0.961. The summed E-state index contributed by atoms with van der Waals surface area (Å²) in [5, 5.41) is -5.04. The van der Waals surface area contributed by atoms with Gasteiger partial charge in [0.05, 0.1) is 5.41 Å². The first-order valence-corrected chi connectivity index (χ1v) is 9.20. The molecule has 4 saturated carbocycles. The number of carbonyl (C=O) groups is 2. The average Bonchev–Trinajstić information content (AvgIpc) is 2.38. The first-order chi connectivity index (χ1) is 11.1. The van der Waals surface area contributed by atoms with E-state index in [1.807, 2.05) is 0 Å². The summed E-state index contributed by atoms with van der Waals surface area (Å²) in [6.07, 6.45) is 3.96. The number of ether oxygens (including phenoxy) is 2. The van der Waals surface area contributed by atoms with Gasteiger partial charge >= 0.3 is 27.3 Å². The highest BCUT2D eigenvalue weighted by atomic mass is 32.2. The molecule has 0 aliphatic heterocycles. The van der Waals surface area contributed by atoms with Crippen molar-refractivity contribution in [2.24, 2.45) is 28.6 Å². The first kappa shape index (κ1) is 16.2. The summed E-state index contributed by atoms with van der Waals surface area (Å²) in [4.78, 5) is 23.3. The fourth-order valence-corrected chi connectivity index (χ4v) is 6.14. The zero-order chi connectivity index (χ0) is 17.5. The van der Waals surface area contributed by atoms with Crippen LogP contribution in [0.25, 0.3) is 0 Å². The lowest BCUT2D eigenvalue weighted by Gasteiger charge is -2.89. The maximum atomic E-state index is 13.0. The van der Waals surface area contributed by atoms with Gasteiger partial charge in [-0.3, -0.25) is 9.35 Å². The number of hydrogen-bond acceptors (Lipinski definition) is 6. The molecule has 4 aliphatic rings. The van der Waals surface area contributed by atoms with Gasteiger partial charge in [0.15, 0.2) is 0 Å². The number of rotatable bonds is 6. The SMILES string of the molecule is O=C(OCCOC(=O)C(F)(F)S(=O)(=O)O)C12CC3CC4CC(C1)C432. The van der Waals surface area contributed by atoms with Crippen LogP contribution in [-0.2, 0) is 29.2 Å². The van der Waals surface area contributed by atoms with E-state index in [1.165, 1.54) is 12.8 Å². The van der Waals surface area contributed by atoms with E-state index in [-0.39, 0.29) is 11.4 Å². The van der Waals surface area contributed by atoms with Gasteiger partial charge in [-0.25, -0.2) is 4.79 Å². The van der Waals surface area contributed by atoms with Gasteiger partial charge in [-0.15, -0.1) is 0 Å². The monoisotopic (exact) mass is 366 g/mol. The predicted molar refractivity (Wildman–Crippen MR) is 72.2 cm³/mol. The van der Waals surface area contributed by atoms with E-state index in [1.54, 1.807) is 0 Å². The van der Waals surface area contributed by atoms with Gasteiger partial charge < -0.3 is 9.47 Å². The summed E-state index contributed by atoms with van der Waals surface area (Å²) in [7, 11) is -5.89. The molecule has 0 radical (unpaired) electrons. The third-order valence-electron chi connectivity index (χ3n) is 6.69. The Kier molecular flexibility index (Phi) is 3.01. The van der Waals surface area contributed by atoms with E-state index in [0.717, 1.165) is 12.8 Å². The van der Waals surface area contributed by atoms with Crippen LogP contribution >= 0.6 is 0 Å². The van der Waals surface area contributed by atoms with Crippen molar-refractivity contribution in [3.05, 3.63) is 0 Å². The normalized spacial score (nSPS) is 41.4. The lowest BCUT2D eigenvalue weighted by atomic mass is 9.13. The van der Waals surface area contributed by atoms with E-state index in [2.05, 4.69) is 4.74 Å². The van der Waals surface area contributed by atoms with E-state index >= 15 is 0 Å². The van der Waals surface area contributed by atoms with Crippen LogP contribution in [0.1, 0.15) is 25.7 Å². The Morgan fingerprint density at radius 1 is 1.08 bits per heavy atom. The molecule has 10 heteroatoms. The van der Waals surface area contributed by atoms with Gasteiger partial charge in [0, 0.05) is 0 Å². The van der Waals surface area contributed by atoms with E-state index in [0.29, 0.717) is 17.8 Å². The van der Waals surface area contributed by atoms with Gasteiger partial charge in [0.25, 0.3) is 0 Å². The summed E-state index contributed by atoms with van der Waals surface area (Å²) in [5.41, 5.74) is -0.315. The molecule has 1 spiro atoms. The summed E-state index contributed by atoms with van der Waals surface area (Å²) in [6.45, 7) is -1.13. The molecule has 0 aromatic heterocycles. The Hall–Kier alpha value is -1.29. The lowest BCUT2D eigenvalue weighted by molar-refractivity contribution is -0.418. The number of halogens is 2. The van der Waals surface area contributed by atoms with Crippen molar-refractivity contribution in [2.45, 2.75) is 30.9 Å². The molecule has 0 aromatic rings. The highest BCUT2D eigenvalue weighted by Gasteiger charge is 2.90. The maximum absolute atomic E-state index is 13.0. The molecule has 134 valence electrons. The number of esters is 2. The van der Waals surface area contributed by atoms with Crippen molar-refractivity contribution >= 4 is 22.1 Å². The average molecular weight is 366 g/mol. The summed E-state index contributed by atoms with van der Waals surface area (Å²) >= 11 is 0. The predicted octanol–water partition coefficient (Wildman–Crippen LogP) is 0.990. The second kappa shape index (κ2) is 4.46. The molecule has 1 N–H and O–H groups in total. The molecule has 7 nitrogen and oxygen atoms in total. The van der Waals surface area contributed by atoms with Crippen LogP contribution in [-0.4, -0.2) is 43.4 Å². The van der Waals surface area contributed by atoms with Crippen LogP contribution in [0.5, 0.6) is 0 Å². The first-order valence-electron chi connectivity index (χ1n) is 7.76. The van der Waals surface area contributed by atoms with E-state index in [4.69, 9.17) is 9.29 Å². The Labute approximate surface area is 136 Å². The zero-order valence-electron chi connectivity index (χ0n) is 12.5. The maximum Gasteiger partial charge on any atom is 0.465 e. The molecule has 0 heterocycles. The van der Waals surface area contributed by atoms with Crippen molar-refractivity contribution < 1.29 is 40.8 Å². The quantitative estimate of drug-likeness (QED) is 0.424. The van der Waals surface area contributed by atoms with Gasteiger partial charge in [0.2, 0.25) is 0 Å². The molecule has 0 amide bonds. The minimum atomic E-state index is -5.89. The molecule has 24 heavy (non-hydrogen) atoms. The van der Waals surface area contributed by atoms with Crippen molar-refractivity contribution in [1.82, 2.24) is 0 Å². The van der Waals surface area contributed by atoms with Crippen LogP contribution < -0.4 is 0 Å². The second-order valence-electron chi connectivity index (χ2n) is 7.25. The summed E-state index contributed by atoms with van der Waals surface area (Å²) in [6, 6.07) is 0. The second-order valence-corrected chi connectivity index (χ2v) is 8.71. The smallest absolute Gasteiger partial charge is 0.462 e. The van der Waals surface area contributed by atoms with Gasteiger partial charge in [-0.1, -0.05) is 0 Å². The molecular formula is C14H16F2O7S. The van der Waals surface area contributed by atoms with Crippen LogP contribution in [0.4, 0.5) is 8.78 Å². The molecule has 2 atom stereocenters. The Balaban J connectivity index is 1.26. The molecule has 2 unspecified atom stereocenters. The van der Waals surface area contributed by atoms with Crippen LogP contribution in [0.15, 0.2) is 0 Å². The third-order valence-corrected chi connectivity index (χ3v) is 7.50. The molecule has 4 aliphatic carbocycles. The van der Waals surface area contributed by atoms with Crippen molar-refractivity contribution in [2.75, 3.05) is 13.2 Å². The fourth-order valence-electron chi connectivity index (χ4n) is 5.87. The van der Waals surface area contributed by atoms with Gasteiger partial charge in [-0.05, 0) is 48.9 Å². The highest BCUT2D eigenvalue weighted by Crippen LogP contribution is 2.93. The number of hydrogen-bond donors (Lipinski definition) is 1. The van der Waals surface area contributed by atoms with Crippen molar-refractivity contribution in [1.29, 1.82) is 0 Å². The largest absolute Gasteiger partial charge is 0.465 e.